The molecule has 0 saturated carbocycles. The largest absolute Gasteiger partial charge is 0.331 e. The van der Waals surface area contributed by atoms with Crippen molar-refractivity contribution in [2.75, 3.05) is 0 Å². The van der Waals surface area contributed by atoms with Crippen LogP contribution in [0.2, 0.25) is 0 Å². The first-order valence-electron chi connectivity index (χ1n) is 6.80. The molecule has 2 nitrogen and oxygen atoms in total. The van der Waals surface area contributed by atoms with Gasteiger partial charge < -0.3 is 4.57 Å². The number of halogens is 1. The van der Waals surface area contributed by atoms with Crippen molar-refractivity contribution < 1.29 is 4.39 Å². The van der Waals surface area contributed by atoms with Crippen LogP contribution in [0.1, 0.15) is 17.0 Å². The van der Waals surface area contributed by atoms with Crippen LogP contribution in [-0.4, -0.2) is 9.55 Å². The fourth-order valence-corrected chi connectivity index (χ4v) is 2.48. The molecule has 0 radical (unpaired) electrons. The minimum absolute atomic E-state index is 0.188. The highest BCUT2D eigenvalue weighted by molar-refractivity contribution is 5.76. The molecule has 0 aliphatic rings. The smallest absolute Gasteiger partial charge is 0.123 e. The zero-order valence-electron chi connectivity index (χ0n) is 11.7. The van der Waals surface area contributed by atoms with Crippen molar-refractivity contribution in [1.29, 1.82) is 0 Å². The summed E-state index contributed by atoms with van der Waals surface area (Å²) in [4.78, 5) is 4.67. The molecular weight excluding hydrogens is 251 g/mol. The van der Waals surface area contributed by atoms with Crippen LogP contribution in [0.3, 0.4) is 0 Å². The zero-order valence-corrected chi connectivity index (χ0v) is 11.7. The quantitative estimate of drug-likeness (QED) is 0.706. The van der Waals surface area contributed by atoms with Crippen LogP contribution in [0, 0.1) is 12.7 Å². The summed E-state index contributed by atoms with van der Waals surface area (Å²) >= 11 is 0. The van der Waals surface area contributed by atoms with E-state index in [1.54, 1.807) is 0 Å². The van der Waals surface area contributed by atoms with E-state index in [9.17, 15) is 4.39 Å². The van der Waals surface area contributed by atoms with Crippen molar-refractivity contribution in [3.8, 4) is 0 Å². The van der Waals surface area contributed by atoms with Crippen LogP contribution in [0.4, 0.5) is 4.39 Å². The Morgan fingerprint density at radius 1 is 1.05 bits per heavy atom. The first-order chi connectivity index (χ1) is 9.63. The minimum atomic E-state index is -0.188. The Hall–Kier alpha value is -2.16. The van der Waals surface area contributed by atoms with Gasteiger partial charge in [-0.15, -0.1) is 0 Å². The number of nitrogens with zero attached hydrogens (tertiary/aromatic N) is 2. The maximum atomic E-state index is 12.9. The van der Waals surface area contributed by atoms with Gasteiger partial charge in [0.05, 0.1) is 11.0 Å². The molecule has 0 unspecified atom stereocenters. The maximum absolute atomic E-state index is 12.9. The number of hydrogen-bond acceptors (Lipinski definition) is 1. The van der Waals surface area contributed by atoms with E-state index in [2.05, 4.69) is 41.7 Å². The third-order valence-corrected chi connectivity index (χ3v) is 3.68. The van der Waals surface area contributed by atoms with Gasteiger partial charge in [-0.3, -0.25) is 0 Å². The van der Waals surface area contributed by atoms with Crippen LogP contribution in [0.5, 0.6) is 0 Å². The summed E-state index contributed by atoms with van der Waals surface area (Å²) in [5, 5.41) is 0. The lowest BCUT2D eigenvalue weighted by atomic mass is 10.1. The molecule has 0 aliphatic carbocycles. The average molecular weight is 268 g/mol. The summed E-state index contributed by atoms with van der Waals surface area (Å²) in [7, 11) is 2.05. The number of benzene rings is 2. The molecule has 20 heavy (non-hydrogen) atoms. The van der Waals surface area contributed by atoms with Crippen molar-refractivity contribution >= 4 is 11.0 Å². The molecule has 0 saturated heterocycles. The SMILES string of the molecule is Cc1ccc2nc(CCc3ccc(F)cc3)n(C)c2c1. The zero-order chi connectivity index (χ0) is 14.1. The second-order valence-electron chi connectivity index (χ2n) is 5.21. The van der Waals surface area contributed by atoms with Gasteiger partial charge in [-0.1, -0.05) is 18.2 Å². The van der Waals surface area contributed by atoms with Crippen molar-refractivity contribution in [3.05, 3.63) is 65.2 Å². The lowest BCUT2D eigenvalue weighted by molar-refractivity contribution is 0.626. The highest BCUT2D eigenvalue weighted by Crippen LogP contribution is 2.17. The minimum Gasteiger partial charge on any atom is -0.331 e. The molecule has 0 spiro atoms. The molecule has 0 bridgehead atoms. The lowest BCUT2D eigenvalue weighted by Crippen LogP contribution is -2.00. The number of imidazole rings is 1. The molecule has 0 atom stereocenters. The highest BCUT2D eigenvalue weighted by Gasteiger charge is 2.07. The first-order valence-corrected chi connectivity index (χ1v) is 6.80. The van der Waals surface area contributed by atoms with E-state index in [0.717, 1.165) is 29.7 Å². The Balaban J connectivity index is 1.84. The molecule has 0 N–H and O–H groups in total. The third kappa shape index (κ3) is 2.44. The third-order valence-electron chi connectivity index (χ3n) is 3.68. The Morgan fingerprint density at radius 2 is 1.80 bits per heavy atom. The van der Waals surface area contributed by atoms with E-state index in [0.29, 0.717) is 0 Å². The van der Waals surface area contributed by atoms with Gasteiger partial charge in [0.15, 0.2) is 0 Å². The summed E-state index contributed by atoms with van der Waals surface area (Å²) in [6.07, 6.45) is 1.73. The monoisotopic (exact) mass is 268 g/mol. The Morgan fingerprint density at radius 3 is 2.55 bits per heavy atom. The molecule has 3 aromatic rings. The van der Waals surface area contributed by atoms with Gasteiger partial charge >= 0.3 is 0 Å². The summed E-state index contributed by atoms with van der Waals surface area (Å²) in [5.41, 5.74) is 4.58. The molecule has 0 amide bonds. The molecule has 0 aliphatic heterocycles. The van der Waals surface area contributed by atoms with Crippen molar-refractivity contribution in [1.82, 2.24) is 9.55 Å². The maximum Gasteiger partial charge on any atom is 0.123 e. The van der Waals surface area contributed by atoms with E-state index in [1.165, 1.54) is 23.2 Å². The van der Waals surface area contributed by atoms with Crippen LogP contribution in [-0.2, 0) is 19.9 Å². The molecule has 1 aromatic heterocycles. The average Bonchev–Trinajstić information content (AvgIpc) is 2.75. The standard InChI is InChI=1S/C17H17FN2/c1-12-3-9-15-16(11-12)20(2)17(19-15)10-6-13-4-7-14(18)8-5-13/h3-5,7-9,11H,6,10H2,1-2H3. The van der Waals surface area contributed by atoms with Gasteiger partial charge in [0.25, 0.3) is 0 Å². The fourth-order valence-electron chi connectivity index (χ4n) is 2.48. The van der Waals surface area contributed by atoms with E-state index in [1.807, 2.05) is 12.1 Å². The predicted octanol–water partition coefficient (Wildman–Crippen LogP) is 3.81. The van der Waals surface area contributed by atoms with Crippen LogP contribution >= 0.6 is 0 Å². The summed E-state index contributed by atoms with van der Waals surface area (Å²) < 4.78 is 15.0. The molecule has 1 heterocycles. The van der Waals surface area contributed by atoms with E-state index in [-0.39, 0.29) is 5.82 Å². The number of hydrogen-bond donors (Lipinski definition) is 0. The number of aryl methyl sites for hydroxylation is 4. The van der Waals surface area contributed by atoms with Gasteiger partial charge in [0.2, 0.25) is 0 Å². The number of fused-ring (bicyclic) bond motifs is 1. The number of aromatic nitrogens is 2. The van der Waals surface area contributed by atoms with Gasteiger partial charge in [-0.2, -0.15) is 0 Å². The van der Waals surface area contributed by atoms with E-state index >= 15 is 0 Å². The van der Waals surface area contributed by atoms with Gasteiger partial charge in [-0.05, 0) is 48.7 Å². The van der Waals surface area contributed by atoms with Gasteiger partial charge in [-0.25, -0.2) is 9.37 Å². The molecule has 3 rings (SSSR count). The topological polar surface area (TPSA) is 17.8 Å². The predicted molar refractivity (Wildman–Crippen MR) is 79.3 cm³/mol. The van der Waals surface area contributed by atoms with E-state index < -0.39 is 0 Å². The lowest BCUT2D eigenvalue weighted by Gasteiger charge is -2.03. The molecular formula is C17H17FN2. The number of rotatable bonds is 3. The second kappa shape index (κ2) is 5.08. The van der Waals surface area contributed by atoms with Gasteiger partial charge in [0, 0.05) is 13.5 Å². The molecule has 2 aromatic carbocycles. The summed E-state index contributed by atoms with van der Waals surface area (Å²) in [6.45, 7) is 2.09. The van der Waals surface area contributed by atoms with Gasteiger partial charge in [0.1, 0.15) is 11.6 Å². The normalized spacial score (nSPS) is 11.2. The van der Waals surface area contributed by atoms with E-state index in [4.69, 9.17) is 0 Å². The Labute approximate surface area is 117 Å². The van der Waals surface area contributed by atoms with Crippen molar-refractivity contribution in [3.63, 3.8) is 0 Å². The Bertz CT molecular complexity index is 742. The fraction of sp³-hybridized carbons (Fsp3) is 0.235. The van der Waals surface area contributed by atoms with Crippen LogP contribution < -0.4 is 0 Å². The van der Waals surface area contributed by atoms with Crippen molar-refractivity contribution in [2.45, 2.75) is 19.8 Å². The molecule has 102 valence electrons. The van der Waals surface area contributed by atoms with Crippen LogP contribution in [0.15, 0.2) is 42.5 Å². The first kappa shape index (κ1) is 12.9. The van der Waals surface area contributed by atoms with Crippen LogP contribution in [0.25, 0.3) is 11.0 Å². The van der Waals surface area contributed by atoms with Crippen molar-refractivity contribution in [2.24, 2.45) is 7.05 Å². The summed E-state index contributed by atoms with van der Waals surface area (Å²) in [6, 6.07) is 13.0. The summed E-state index contributed by atoms with van der Waals surface area (Å²) in [5.74, 6) is 0.877. The molecule has 3 heteroatoms. The second-order valence-corrected chi connectivity index (χ2v) is 5.21. The highest BCUT2D eigenvalue weighted by atomic mass is 19.1. The Kier molecular flexibility index (Phi) is 3.26. The molecule has 0 fully saturated rings.